The van der Waals surface area contributed by atoms with Crippen LogP contribution < -0.4 is 15.4 Å². The first-order valence-corrected chi connectivity index (χ1v) is 7.15. The average molecular weight is 378 g/mol. The van der Waals surface area contributed by atoms with Gasteiger partial charge in [-0.05, 0) is 46.9 Å². The van der Waals surface area contributed by atoms with E-state index in [1.807, 2.05) is 24.3 Å². The summed E-state index contributed by atoms with van der Waals surface area (Å²) in [6, 6.07) is 7.57. The van der Waals surface area contributed by atoms with Gasteiger partial charge in [-0.3, -0.25) is 4.79 Å². The lowest BCUT2D eigenvalue weighted by Crippen LogP contribution is -2.35. The number of methoxy groups -OCH3 is 1. The van der Waals surface area contributed by atoms with E-state index in [2.05, 4.69) is 33.2 Å². The Balaban J connectivity index is 2.06. The summed E-state index contributed by atoms with van der Waals surface area (Å²) in [6.45, 7) is 2.80. The van der Waals surface area contributed by atoms with Crippen molar-refractivity contribution in [3.05, 3.63) is 27.8 Å². The lowest BCUT2D eigenvalue weighted by Gasteiger charge is -2.08. The van der Waals surface area contributed by atoms with Crippen molar-refractivity contribution >= 4 is 28.5 Å². The van der Waals surface area contributed by atoms with Gasteiger partial charge >= 0.3 is 0 Å². The lowest BCUT2D eigenvalue weighted by atomic mass is 10.3. The summed E-state index contributed by atoms with van der Waals surface area (Å²) < 4.78 is 11.4. The molecule has 5 nitrogen and oxygen atoms in total. The molecule has 1 amide bonds. The maximum atomic E-state index is 11.5. The Morgan fingerprint density at radius 1 is 1.21 bits per heavy atom. The molecule has 0 aliphatic rings. The minimum Gasteiger partial charge on any atom is -0.484 e. The predicted octanol–water partition coefficient (Wildman–Crippen LogP) is 1.02. The maximum absolute atomic E-state index is 11.5. The number of hydrogen-bond donors (Lipinski definition) is 2. The summed E-state index contributed by atoms with van der Waals surface area (Å²) in [6.07, 6.45) is 0. The smallest absolute Gasteiger partial charge is 0.257 e. The van der Waals surface area contributed by atoms with Gasteiger partial charge in [-0.15, -0.1) is 0 Å². The number of nitrogens with one attached hydrogen (secondary N) is 2. The van der Waals surface area contributed by atoms with Gasteiger partial charge in [0.2, 0.25) is 0 Å². The van der Waals surface area contributed by atoms with Gasteiger partial charge in [-0.25, -0.2) is 0 Å². The SMILES string of the molecule is COCCNCCNC(=O)COc1ccc(I)cc1. The van der Waals surface area contributed by atoms with E-state index in [9.17, 15) is 4.79 Å². The van der Waals surface area contributed by atoms with Gasteiger partial charge in [0.15, 0.2) is 6.61 Å². The van der Waals surface area contributed by atoms with E-state index in [4.69, 9.17) is 9.47 Å². The molecule has 0 saturated carbocycles. The molecule has 19 heavy (non-hydrogen) atoms. The number of rotatable bonds is 9. The highest BCUT2D eigenvalue weighted by Crippen LogP contribution is 2.12. The monoisotopic (exact) mass is 378 g/mol. The third kappa shape index (κ3) is 8.02. The van der Waals surface area contributed by atoms with Crippen LogP contribution in [0.4, 0.5) is 0 Å². The molecule has 0 fully saturated rings. The fourth-order valence-electron chi connectivity index (χ4n) is 1.32. The fraction of sp³-hybridized carbons (Fsp3) is 0.462. The molecule has 1 rings (SSSR count). The van der Waals surface area contributed by atoms with E-state index < -0.39 is 0 Å². The molecule has 1 aromatic rings. The molecular formula is C13H19IN2O3. The molecule has 6 heteroatoms. The van der Waals surface area contributed by atoms with E-state index in [0.717, 1.165) is 16.7 Å². The average Bonchev–Trinajstić information content (AvgIpc) is 2.42. The summed E-state index contributed by atoms with van der Waals surface area (Å²) in [5.41, 5.74) is 0. The van der Waals surface area contributed by atoms with Crippen LogP contribution in [0.1, 0.15) is 0 Å². The molecule has 0 aliphatic carbocycles. The Labute approximate surface area is 127 Å². The largest absolute Gasteiger partial charge is 0.484 e. The molecule has 0 saturated heterocycles. The Bertz CT molecular complexity index is 371. The molecule has 0 radical (unpaired) electrons. The second-order valence-electron chi connectivity index (χ2n) is 3.84. The van der Waals surface area contributed by atoms with Gasteiger partial charge in [0, 0.05) is 30.3 Å². The van der Waals surface area contributed by atoms with Crippen LogP contribution in [0.25, 0.3) is 0 Å². The third-order valence-corrected chi connectivity index (χ3v) is 3.01. The number of carbonyl (C=O) groups is 1. The zero-order valence-electron chi connectivity index (χ0n) is 10.9. The number of hydrogen-bond acceptors (Lipinski definition) is 4. The molecule has 0 aliphatic heterocycles. The zero-order chi connectivity index (χ0) is 13.9. The molecule has 106 valence electrons. The van der Waals surface area contributed by atoms with Crippen molar-refractivity contribution in [2.24, 2.45) is 0 Å². The first-order chi connectivity index (χ1) is 9.22. The zero-order valence-corrected chi connectivity index (χ0v) is 13.1. The summed E-state index contributed by atoms with van der Waals surface area (Å²) in [4.78, 5) is 11.5. The molecule has 0 atom stereocenters. The van der Waals surface area contributed by atoms with Crippen molar-refractivity contribution in [2.75, 3.05) is 40.0 Å². The molecule has 2 N–H and O–H groups in total. The molecular weight excluding hydrogens is 359 g/mol. The van der Waals surface area contributed by atoms with E-state index in [1.165, 1.54) is 0 Å². The first-order valence-electron chi connectivity index (χ1n) is 6.07. The van der Waals surface area contributed by atoms with Gasteiger partial charge in [-0.2, -0.15) is 0 Å². The van der Waals surface area contributed by atoms with Gasteiger partial charge in [0.05, 0.1) is 6.61 Å². The summed E-state index contributed by atoms with van der Waals surface area (Å²) in [5.74, 6) is 0.584. The summed E-state index contributed by atoms with van der Waals surface area (Å²) in [5, 5.41) is 5.91. The second kappa shape index (κ2) is 9.99. The van der Waals surface area contributed by atoms with E-state index in [1.54, 1.807) is 7.11 Å². The number of ether oxygens (including phenoxy) is 2. The van der Waals surface area contributed by atoms with Crippen LogP contribution in [0.5, 0.6) is 5.75 Å². The standard InChI is InChI=1S/C13H19IN2O3/c1-18-9-8-15-6-7-16-13(17)10-19-12-4-2-11(14)3-5-12/h2-5,15H,6-10H2,1H3,(H,16,17). The molecule has 0 heterocycles. The summed E-state index contributed by atoms with van der Waals surface area (Å²) in [7, 11) is 1.66. The van der Waals surface area contributed by atoms with Crippen molar-refractivity contribution in [3.8, 4) is 5.75 Å². The second-order valence-corrected chi connectivity index (χ2v) is 5.08. The molecule has 0 bridgehead atoms. The maximum Gasteiger partial charge on any atom is 0.257 e. The van der Waals surface area contributed by atoms with Gasteiger partial charge in [0.1, 0.15) is 5.75 Å². The Kier molecular flexibility index (Phi) is 8.52. The molecule has 0 aromatic heterocycles. The third-order valence-electron chi connectivity index (χ3n) is 2.29. The molecule has 0 unspecified atom stereocenters. The minimum atomic E-state index is -0.118. The molecule has 1 aromatic carbocycles. The summed E-state index contributed by atoms with van der Waals surface area (Å²) >= 11 is 2.22. The van der Waals surface area contributed by atoms with Crippen LogP contribution in [0.15, 0.2) is 24.3 Å². The van der Waals surface area contributed by atoms with Crippen LogP contribution in [-0.2, 0) is 9.53 Å². The number of carbonyl (C=O) groups excluding carboxylic acids is 1. The first kappa shape index (κ1) is 16.2. The minimum absolute atomic E-state index is 0.0403. The normalized spacial score (nSPS) is 10.2. The van der Waals surface area contributed by atoms with Crippen molar-refractivity contribution in [3.63, 3.8) is 0 Å². The Morgan fingerprint density at radius 2 is 1.95 bits per heavy atom. The number of halogens is 1. The van der Waals surface area contributed by atoms with E-state index >= 15 is 0 Å². The topological polar surface area (TPSA) is 59.6 Å². The fourth-order valence-corrected chi connectivity index (χ4v) is 1.68. The van der Waals surface area contributed by atoms with E-state index in [0.29, 0.717) is 18.9 Å². The highest BCUT2D eigenvalue weighted by atomic mass is 127. The van der Waals surface area contributed by atoms with Crippen LogP contribution >= 0.6 is 22.6 Å². The van der Waals surface area contributed by atoms with Gasteiger partial charge in [0.25, 0.3) is 5.91 Å². The number of benzene rings is 1. The van der Waals surface area contributed by atoms with Crippen LogP contribution in [0.2, 0.25) is 0 Å². The number of amides is 1. The quantitative estimate of drug-likeness (QED) is 0.498. The van der Waals surface area contributed by atoms with E-state index in [-0.39, 0.29) is 12.5 Å². The Hall–Kier alpha value is -0.860. The highest BCUT2D eigenvalue weighted by molar-refractivity contribution is 14.1. The Morgan fingerprint density at radius 3 is 2.63 bits per heavy atom. The van der Waals surface area contributed by atoms with Crippen molar-refractivity contribution in [1.82, 2.24) is 10.6 Å². The lowest BCUT2D eigenvalue weighted by molar-refractivity contribution is -0.123. The highest BCUT2D eigenvalue weighted by Gasteiger charge is 2.01. The van der Waals surface area contributed by atoms with Crippen LogP contribution in [-0.4, -0.2) is 45.9 Å². The van der Waals surface area contributed by atoms with Crippen molar-refractivity contribution < 1.29 is 14.3 Å². The van der Waals surface area contributed by atoms with Gasteiger partial charge in [-0.1, -0.05) is 0 Å². The molecule has 0 spiro atoms. The van der Waals surface area contributed by atoms with Crippen molar-refractivity contribution in [2.45, 2.75) is 0 Å². The van der Waals surface area contributed by atoms with Gasteiger partial charge < -0.3 is 20.1 Å². The predicted molar refractivity (Wildman–Crippen MR) is 82.4 cm³/mol. The van der Waals surface area contributed by atoms with Crippen molar-refractivity contribution in [1.29, 1.82) is 0 Å². The van der Waals surface area contributed by atoms with Crippen LogP contribution in [0.3, 0.4) is 0 Å². The van der Waals surface area contributed by atoms with Crippen LogP contribution in [0, 0.1) is 3.57 Å².